The molecule has 0 unspecified atom stereocenters. The van der Waals surface area contributed by atoms with E-state index < -0.39 is 33.8 Å². The first kappa shape index (κ1) is 20.7. The van der Waals surface area contributed by atoms with E-state index in [1.807, 2.05) is 0 Å². The van der Waals surface area contributed by atoms with Crippen LogP contribution in [0.4, 0.5) is 24.5 Å². The highest BCUT2D eigenvalue weighted by Crippen LogP contribution is 2.39. The lowest BCUT2D eigenvalue weighted by Gasteiger charge is -2.19. The van der Waals surface area contributed by atoms with Gasteiger partial charge < -0.3 is 14.8 Å². The van der Waals surface area contributed by atoms with Crippen LogP contribution in [0.15, 0.2) is 42.0 Å². The fraction of sp³-hybridized carbons (Fsp3) is 0.158. The number of halogens is 3. The summed E-state index contributed by atoms with van der Waals surface area (Å²) in [4.78, 5) is 23.0. The molecule has 0 atom stereocenters. The molecule has 1 amide bonds. The van der Waals surface area contributed by atoms with Gasteiger partial charge in [-0.25, -0.2) is 0 Å². The van der Waals surface area contributed by atoms with Gasteiger partial charge >= 0.3 is 6.18 Å². The van der Waals surface area contributed by atoms with E-state index in [0.29, 0.717) is 0 Å². The summed E-state index contributed by atoms with van der Waals surface area (Å²) in [6, 6.07) is 7.74. The molecule has 11 heteroatoms. The number of benzene rings is 2. The zero-order valence-electron chi connectivity index (χ0n) is 15.0. The predicted octanol–water partition coefficient (Wildman–Crippen LogP) is 3.93. The van der Waals surface area contributed by atoms with Crippen LogP contribution in [0.25, 0.3) is 6.08 Å². The number of alkyl halides is 3. The van der Waals surface area contributed by atoms with Crippen LogP contribution in [0.5, 0.6) is 11.5 Å². The number of anilines is 1. The Morgan fingerprint density at radius 1 is 1.17 bits per heavy atom. The number of rotatable bonds is 4. The largest absolute Gasteiger partial charge is 0.486 e. The minimum Gasteiger partial charge on any atom is -0.486 e. The maximum absolute atomic E-state index is 12.6. The highest BCUT2D eigenvalue weighted by molar-refractivity contribution is 6.10. The van der Waals surface area contributed by atoms with Crippen LogP contribution < -0.4 is 14.8 Å². The maximum Gasteiger partial charge on any atom is 0.416 e. The molecule has 1 aliphatic rings. The molecule has 2 aromatic carbocycles. The van der Waals surface area contributed by atoms with Gasteiger partial charge in [0, 0.05) is 6.07 Å². The topological polar surface area (TPSA) is 114 Å². The van der Waals surface area contributed by atoms with Crippen molar-refractivity contribution in [3.8, 4) is 17.6 Å². The summed E-state index contributed by atoms with van der Waals surface area (Å²) in [6.07, 6.45) is -3.45. The van der Waals surface area contributed by atoms with E-state index in [1.54, 1.807) is 6.07 Å². The third kappa shape index (κ3) is 4.49. The number of amides is 1. The Kier molecular flexibility index (Phi) is 5.59. The SMILES string of the molecule is N#CC(=Cc1ccc(C(F)(F)F)cc1)C(=O)Nc1cc2c(cc1[N+](=O)[O-])OCCO2. The molecule has 0 saturated heterocycles. The first-order valence-corrected chi connectivity index (χ1v) is 8.37. The Morgan fingerprint density at radius 3 is 2.30 bits per heavy atom. The van der Waals surface area contributed by atoms with Crippen LogP contribution in [0.2, 0.25) is 0 Å². The van der Waals surface area contributed by atoms with E-state index in [0.717, 1.165) is 36.4 Å². The van der Waals surface area contributed by atoms with Crippen molar-refractivity contribution in [2.24, 2.45) is 0 Å². The number of carbonyl (C=O) groups is 1. The summed E-state index contributed by atoms with van der Waals surface area (Å²) in [6.45, 7) is 0.430. The Hall–Kier alpha value is -4.07. The van der Waals surface area contributed by atoms with Gasteiger partial charge in [-0.1, -0.05) is 12.1 Å². The molecule has 0 aromatic heterocycles. The average Bonchev–Trinajstić information content (AvgIpc) is 2.71. The van der Waals surface area contributed by atoms with Crippen LogP contribution in [0, 0.1) is 21.4 Å². The second-order valence-electron chi connectivity index (χ2n) is 6.01. The molecular formula is C19H12F3N3O5. The Bertz CT molecular complexity index is 1070. The third-order valence-corrected chi connectivity index (χ3v) is 4.02. The second-order valence-corrected chi connectivity index (χ2v) is 6.01. The maximum atomic E-state index is 12.6. The van der Waals surface area contributed by atoms with Crippen molar-refractivity contribution in [2.45, 2.75) is 6.18 Å². The van der Waals surface area contributed by atoms with Crippen LogP contribution >= 0.6 is 0 Å². The normalized spacial score (nSPS) is 13.3. The quantitative estimate of drug-likeness (QED) is 0.348. The molecule has 3 rings (SSSR count). The number of carbonyl (C=O) groups excluding carboxylic acids is 1. The van der Waals surface area contributed by atoms with E-state index in [-0.39, 0.29) is 36.0 Å². The molecule has 0 bridgehead atoms. The first-order valence-electron chi connectivity index (χ1n) is 8.37. The number of fused-ring (bicyclic) bond motifs is 1. The van der Waals surface area contributed by atoms with Crippen LogP contribution in [-0.2, 0) is 11.0 Å². The molecule has 0 spiro atoms. The number of nitro benzene ring substituents is 1. The van der Waals surface area contributed by atoms with Gasteiger partial charge in [-0.15, -0.1) is 0 Å². The van der Waals surface area contributed by atoms with Crippen LogP contribution in [0.3, 0.4) is 0 Å². The van der Waals surface area contributed by atoms with Crippen molar-refractivity contribution in [1.29, 1.82) is 5.26 Å². The molecule has 8 nitrogen and oxygen atoms in total. The Labute approximate surface area is 167 Å². The van der Waals surface area contributed by atoms with Gasteiger partial charge in [0.1, 0.15) is 30.5 Å². The van der Waals surface area contributed by atoms with Crippen LogP contribution in [-0.4, -0.2) is 24.0 Å². The van der Waals surface area contributed by atoms with E-state index in [2.05, 4.69) is 5.32 Å². The van der Waals surface area contributed by atoms with Gasteiger partial charge in [0.2, 0.25) is 0 Å². The van der Waals surface area contributed by atoms with E-state index in [1.165, 1.54) is 6.07 Å². The Balaban J connectivity index is 1.87. The molecule has 2 aromatic rings. The Morgan fingerprint density at radius 2 is 1.77 bits per heavy atom. The lowest BCUT2D eigenvalue weighted by molar-refractivity contribution is -0.384. The lowest BCUT2D eigenvalue weighted by Crippen LogP contribution is -2.18. The number of hydrogen-bond acceptors (Lipinski definition) is 6. The van der Waals surface area contributed by atoms with Gasteiger partial charge in [0.05, 0.1) is 16.6 Å². The van der Waals surface area contributed by atoms with Gasteiger partial charge in [-0.2, -0.15) is 18.4 Å². The van der Waals surface area contributed by atoms with E-state index >= 15 is 0 Å². The van der Waals surface area contributed by atoms with Crippen molar-refractivity contribution < 1.29 is 32.4 Å². The fourth-order valence-electron chi connectivity index (χ4n) is 2.60. The molecule has 0 radical (unpaired) electrons. The first-order chi connectivity index (χ1) is 14.2. The minimum atomic E-state index is -4.52. The minimum absolute atomic E-state index is 0.145. The van der Waals surface area contributed by atoms with Crippen molar-refractivity contribution in [1.82, 2.24) is 0 Å². The van der Waals surface area contributed by atoms with Gasteiger partial charge in [-0.3, -0.25) is 14.9 Å². The summed E-state index contributed by atoms with van der Waals surface area (Å²) < 4.78 is 48.5. The number of nitriles is 1. The van der Waals surface area contributed by atoms with E-state index in [9.17, 15) is 33.3 Å². The monoisotopic (exact) mass is 419 g/mol. The summed E-state index contributed by atoms with van der Waals surface area (Å²) in [7, 11) is 0. The number of nitrogens with zero attached hydrogens (tertiary/aromatic N) is 2. The second kappa shape index (κ2) is 8.12. The average molecular weight is 419 g/mol. The molecule has 0 aliphatic carbocycles. The molecular weight excluding hydrogens is 407 g/mol. The smallest absolute Gasteiger partial charge is 0.416 e. The zero-order chi connectivity index (χ0) is 21.9. The molecule has 1 aliphatic heterocycles. The number of nitro groups is 1. The fourth-order valence-corrected chi connectivity index (χ4v) is 2.60. The highest BCUT2D eigenvalue weighted by Gasteiger charge is 2.30. The van der Waals surface area contributed by atoms with Gasteiger partial charge in [0.25, 0.3) is 11.6 Å². The van der Waals surface area contributed by atoms with Crippen LogP contribution in [0.1, 0.15) is 11.1 Å². The van der Waals surface area contributed by atoms with Gasteiger partial charge in [-0.05, 0) is 23.8 Å². The van der Waals surface area contributed by atoms with Crippen molar-refractivity contribution in [3.05, 3.63) is 63.2 Å². The predicted molar refractivity (Wildman–Crippen MR) is 97.8 cm³/mol. The third-order valence-electron chi connectivity index (χ3n) is 4.02. The molecule has 0 saturated carbocycles. The van der Waals surface area contributed by atoms with Gasteiger partial charge in [0.15, 0.2) is 11.5 Å². The molecule has 30 heavy (non-hydrogen) atoms. The summed E-state index contributed by atoms with van der Waals surface area (Å²) in [5, 5.41) is 22.8. The number of hydrogen-bond donors (Lipinski definition) is 1. The highest BCUT2D eigenvalue weighted by atomic mass is 19.4. The molecule has 1 heterocycles. The summed E-state index contributed by atoms with van der Waals surface area (Å²) >= 11 is 0. The zero-order valence-corrected chi connectivity index (χ0v) is 15.0. The molecule has 154 valence electrons. The number of nitrogens with one attached hydrogen (secondary N) is 1. The van der Waals surface area contributed by atoms with Crippen molar-refractivity contribution >= 4 is 23.4 Å². The van der Waals surface area contributed by atoms with E-state index in [4.69, 9.17) is 9.47 Å². The molecule has 0 fully saturated rings. The summed E-state index contributed by atoms with van der Waals surface area (Å²) in [5.41, 5.74) is -1.86. The summed E-state index contributed by atoms with van der Waals surface area (Å²) in [5.74, 6) is -0.642. The van der Waals surface area contributed by atoms with Crippen molar-refractivity contribution in [2.75, 3.05) is 18.5 Å². The molecule has 1 N–H and O–H groups in total. The number of ether oxygens (including phenoxy) is 2. The van der Waals surface area contributed by atoms with Crippen molar-refractivity contribution in [3.63, 3.8) is 0 Å². The standard InChI is InChI=1S/C19H12F3N3O5/c20-19(21,22)13-3-1-11(2-4-13)7-12(10-23)18(26)24-14-8-16-17(30-6-5-29-16)9-15(14)25(27)28/h1-4,7-9H,5-6H2,(H,24,26). The lowest BCUT2D eigenvalue weighted by atomic mass is 10.1.